The average molecular weight is 350 g/mol. The molecule has 0 spiro atoms. The summed E-state index contributed by atoms with van der Waals surface area (Å²) in [7, 11) is 1.59. The summed E-state index contributed by atoms with van der Waals surface area (Å²) in [5.74, 6) is -1.88. The van der Waals surface area contributed by atoms with Crippen molar-refractivity contribution in [3.05, 3.63) is 64.7 Å². The predicted molar refractivity (Wildman–Crippen MR) is 89.2 cm³/mol. The highest BCUT2D eigenvalue weighted by atomic mass is 19.1. The summed E-state index contributed by atoms with van der Waals surface area (Å²) in [6.45, 7) is 0.927. The third-order valence-electron chi connectivity index (χ3n) is 3.70. The molecule has 0 radical (unpaired) electrons. The van der Waals surface area contributed by atoms with Crippen LogP contribution in [-0.4, -0.2) is 31.4 Å². The van der Waals surface area contributed by atoms with E-state index in [1.165, 1.54) is 30.3 Å². The lowest BCUT2D eigenvalue weighted by atomic mass is 10.0. The Labute approximate surface area is 145 Å². The monoisotopic (exact) mass is 350 g/mol. The number of halogens is 2. The molecule has 0 saturated carbocycles. The first-order valence-electron chi connectivity index (χ1n) is 7.93. The Hall–Kier alpha value is -2.47. The molecule has 0 unspecified atom stereocenters. The zero-order valence-corrected chi connectivity index (χ0v) is 13.9. The van der Waals surface area contributed by atoms with Crippen LogP contribution in [0.4, 0.5) is 8.78 Å². The van der Waals surface area contributed by atoms with Gasteiger partial charge < -0.3 is 14.6 Å². The van der Waals surface area contributed by atoms with Crippen LogP contribution in [0.3, 0.4) is 0 Å². The summed E-state index contributed by atoms with van der Waals surface area (Å²) in [4.78, 5) is 11.3. The van der Waals surface area contributed by atoms with E-state index in [1.54, 1.807) is 13.2 Å². The van der Waals surface area contributed by atoms with Crippen LogP contribution in [0, 0.1) is 11.6 Å². The maximum atomic E-state index is 13.7. The molecule has 2 rings (SSSR count). The number of carboxylic acid groups (broad SMARTS) is 1. The zero-order chi connectivity index (χ0) is 18.2. The fourth-order valence-corrected chi connectivity index (χ4v) is 2.45. The number of aryl methyl sites for hydroxylation is 1. The molecule has 0 heterocycles. The molecule has 134 valence electrons. The molecule has 0 aliphatic heterocycles. The van der Waals surface area contributed by atoms with Crippen LogP contribution in [0.2, 0.25) is 0 Å². The van der Waals surface area contributed by atoms with Crippen LogP contribution >= 0.6 is 0 Å². The van der Waals surface area contributed by atoms with Crippen molar-refractivity contribution in [1.29, 1.82) is 0 Å². The van der Waals surface area contributed by atoms with E-state index in [2.05, 4.69) is 0 Å². The molecule has 2 aromatic rings. The van der Waals surface area contributed by atoms with Crippen molar-refractivity contribution >= 4 is 5.97 Å². The topological polar surface area (TPSA) is 55.8 Å². The second-order valence-electron chi connectivity index (χ2n) is 5.57. The van der Waals surface area contributed by atoms with E-state index in [4.69, 9.17) is 9.47 Å². The van der Waals surface area contributed by atoms with Gasteiger partial charge in [0.15, 0.2) is 0 Å². The Morgan fingerprint density at radius 2 is 1.80 bits per heavy atom. The van der Waals surface area contributed by atoms with E-state index in [0.29, 0.717) is 37.4 Å². The van der Waals surface area contributed by atoms with E-state index < -0.39 is 17.6 Å². The lowest BCUT2D eigenvalue weighted by Crippen LogP contribution is -2.05. The lowest BCUT2D eigenvalue weighted by Gasteiger charge is -2.10. The number of rotatable bonds is 9. The minimum atomic E-state index is -1.08. The smallest absolute Gasteiger partial charge is 0.335 e. The van der Waals surface area contributed by atoms with Gasteiger partial charge in [0.05, 0.1) is 12.2 Å². The molecule has 0 fully saturated rings. The van der Waals surface area contributed by atoms with Crippen molar-refractivity contribution < 1.29 is 28.2 Å². The van der Waals surface area contributed by atoms with Crippen molar-refractivity contribution in [3.8, 4) is 5.75 Å². The third-order valence-corrected chi connectivity index (χ3v) is 3.70. The van der Waals surface area contributed by atoms with E-state index in [-0.39, 0.29) is 17.5 Å². The number of hydrogen-bond acceptors (Lipinski definition) is 3. The maximum absolute atomic E-state index is 13.7. The van der Waals surface area contributed by atoms with Crippen LogP contribution in [-0.2, 0) is 17.6 Å². The molecule has 25 heavy (non-hydrogen) atoms. The summed E-state index contributed by atoms with van der Waals surface area (Å²) in [6.07, 6.45) is 1.10. The lowest BCUT2D eigenvalue weighted by molar-refractivity contribution is 0.0696. The van der Waals surface area contributed by atoms with E-state index in [9.17, 15) is 18.7 Å². The fraction of sp³-hybridized carbons (Fsp3) is 0.316. The average Bonchev–Trinajstić information content (AvgIpc) is 2.58. The highest BCUT2D eigenvalue weighted by molar-refractivity contribution is 5.88. The summed E-state index contributed by atoms with van der Waals surface area (Å²) >= 11 is 0. The molecule has 0 aliphatic carbocycles. The van der Waals surface area contributed by atoms with Gasteiger partial charge in [0.1, 0.15) is 17.4 Å². The number of aromatic carboxylic acids is 1. The zero-order valence-electron chi connectivity index (χ0n) is 13.9. The highest BCUT2D eigenvalue weighted by Gasteiger charge is 2.11. The van der Waals surface area contributed by atoms with Crippen LogP contribution in [0.1, 0.15) is 27.9 Å². The number of methoxy groups -OCH3 is 1. The summed E-state index contributed by atoms with van der Waals surface area (Å²) in [5, 5.41) is 9.22. The minimum absolute atomic E-state index is 0.00853. The van der Waals surface area contributed by atoms with Crippen LogP contribution < -0.4 is 4.74 Å². The van der Waals surface area contributed by atoms with Gasteiger partial charge in [-0.15, -0.1) is 0 Å². The standard InChI is InChI=1S/C19H20F2O4/c1-24-8-3-9-25-15-11-13(10-14(12-15)19(22)23)6-7-16-17(20)4-2-5-18(16)21/h2,4-5,10-12H,3,6-9H2,1H3,(H,22,23). The van der Waals surface area contributed by atoms with Gasteiger partial charge >= 0.3 is 5.97 Å². The molecule has 0 bridgehead atoms. The maximum Gasteiger partial charge on any atom is 0.335 e. The van der Waals surface area contributed by atoms with Gasteiger partial charge in [0.2, 0.25) is 0 Å². The Kier molecular flexibility index (Phi) is 6.89. The first-order valence-corrected chi connectivity index (χ1v) is 7.93. The fourth-order valence-electron chi connectivity index (χ4n) is 2.45. The molecule has 6 heteroatoms. The number of hydrogen-bond donors (Lipinski definition) is 1. The Balaban J connectivity index is 2.13. The number of carbonyl (C=O) groups is 1. The Bertz CT molecular complexity index is 711. The predicted octanol–water partition coefficient (Wildman–Crippen LogP) is 3.86. The molecule has 0 saturated heterocycles. The SMILES string of the molecule is COCCCOc1cc(CCc2c(F)cccc2F)cc(C(=O)O)c1. The number of carboxylic acids is 1. The molecule has 0 atom stereocenters. The van der Waals surface area contributed by atoms with Gasteiger partial charge in [0, 0.05) is 25.7 Å². The molecule has 2 aromatic carbocycles. The number of benzene rings is 2. The summed E-state index contributed by atoms with van der Waals surface area (Å²) in [5.41, 5.74) is 0.711. The second kappa shape index (κ2) is 9.13. The molecular weight excluding hydrogens is 330 g/mol. The second-order valence-corrected chi connectivity index (χ2v) is 5.57. The highest BCUT2D eigenvalue weighted by Crippen LogP contribution is 2.21. The number of ether oxygens (including phenoxy) is 2. The van der Waals surface area contributed by atoms with Crippen molar-refractivity contribution in [2.45, 2.75) is 19.3 Å². The molecule has 1 N–H and O–H groups in total. The van der Waals surface area contributed by atoms with E-state index in [0.717, 1.165) is 0 Å². The first kappa shape index (κ1) is 18.9. The largest absolute Gasteiger partial charge is 0.493 e. The normalized spacial score (nSPS) is 10.7. The van der Waals surface area contributed by atoms with Crippen LogP contribution in [0.15, 0.2) is 36.4 Å². The third kappa shape index (κ3) is 5.53. The minimum Gasteiger partial charge on any atom is -0.493 e. The van der Waals surface area contributed by atoms with Crippen LogP contribution in [0.5, 0.6) is 5.75 Å². The van der Waals surface area contributed by atoms with Crippen molar-refractivity contribution in [3.63, 3.8) is 0 Å². The van der Waals surface area contributed by atoms with Gasteiger partial charge in [-0.05, 0) is 48.7 Å². The van der Waals surface area contributed by atoms with Crippen molar-refractivity contribution in [2.24, 2.45) is 0 Å². The van der Waals surface area contributed by atoms with Gasteiger partial charge in [-0.1, -0.05) is 6.07 Å². The molecule has 0 amide bonds. The molecular formula is C19H20F2O4. The van der Waals surface area contributed by atoms with Gasteiger partial charge in [-0.2, -0.15) is 0 Å². The molecule has 0 aliphatic rings. The van der Waals surface area contributed by atoms with Crippen molar-refractivity contribution in [2.75, 3.05) is 20.3 Å². The summed E-state index contributed by atoms with van der Waals surface area (Å²) in [6, 6.07) is 8.33. The molecule has 0 aromatic heterocycles. The van der Waals surface area contributed by atoms with Crippen LogP contribution in [0.25, 0.3) is 0 Å². The Morgan fingerprint density at radius 1 is 1.08 bits per heavy atom. The quantitative estimate of drug-likeness (QED) is 0.698. The van der Waals surface area contributed by atoms with Gasteiger partial charge in [0.25, 0.3) is 0 Å². The van der Waals surface area contributed by atoms with E-state index >= 15 is 0 Å². The van der Waals surface area contributed by atoms with E-state index in [1.807, 2.05) is 0 Å². The Morgan fingerprint density at radius 3 is 2.44 bits per heavy atom. The first-order chi connectivity index (χ1) is 12.0. The molecule has 4 nitrogen and oxygen atoms in total. The van der Waals surface area contributed by atoms with Crippen molar-refractivity contribution in [1.82, 2.24) is 0 Å². The summed E-state index contributed by atoms with van der Waals surface area (Å²) < 4.78 is 37.9. The van der Waals surface area contributed by atoms with Gasteiger partial charge in [-0.25, -0.2) is 13.6 Å². The van der Waals surface area contributed by atoms with Gasteiger partial charge in [-0.3, -0.25) is 0 Å².